The molecule has 0 unspecified atom stereocenters. The summed E-state index contributed by atoms with van der Waals surface area (Å²) >= 11 is 0. The smallest absolute Gasteiger partial charge is 0.246 e. The zero-order valence-electron chi connectivity index (χ0n) is 13.3. The Morgan fingerprint density at radius 2 is 2.26 bits per heavy atom. The minimum atomic E-state index is 0.0216. The fraction of sp³-hybridized carbons (Fsp3) is 0.471. The van der Waals surface area contributed by atoms with Gasteiger partial charge in [-0.15, -0.1) is 0 Å². The van der Waals surface area contributed by atoms with E-state index in [1.165, 1.54) is 6.08 Å². The molecule has 0 radical (unpaired) electrons. The zero-order valence-corrected chi connectivity index (χ0v) is 13.3. The zero-order chi connectivity index (χ0) is 16.0. The predicted molar refractivity (Wildman–Crippen MR) is 89.1 cm³/mol. The molecule has 0 aliphatic carbocycles. The number of anilines is 1. The van der Waals surface area contributed by atoms with Gasteiger partial charge < -0.3 is 14.8 Å². The molecule has 6 nitrogen and oxygen atoms in total. The number of amides is 1. The molecule has 0 bridgehead atoms. The summed E-state index contributed by atoms with van der Waals surface area (Å²) in [4.78, 5) is 28.3. The van der Waals surface area contributed by atoms with Crippen LogP contribution >= 0.6 is 0 Å². The summed E-state index contributed by atoms with van der Waals surface area (Å²) in [7, 11) is 0. The summed E-state index contributed by atoms with van der Waals surface area (Å²) in [5.74, 6) is 0.992. The maximum absolute atomic E-state index is 12.0. The van der Waals surface area contributed by atoms with Gasteiger partial charge in [-0.1, -0.05) is 13.5 Å². The van der Waals surface area contributed by atoms with Crippen molar-refractivity contribution in [1.29, 1.82) is 0 Å². The second kappa shape index (κ2) is 5.08. The fourth-order valence-electron chi connectivity index (χ4n) is 4.05. The number of carbonyl (C=O) groups excluding carboxylic acids is 1. The molecule has 1 amide bonds. The van der Waals surface area contributed by atoms with E-state index in [2.05, 4.69) is 33.4 Å². The van der Waals surface area contributed by atoms with Crippen molar-refractivity contribution in [1.82, 2.24) is 19.9 Å². The number of likely N-dealkylation sites (tertiary alicyclic amines) is 1. The van der Waals surface area contributed by atoms with Crippen LogP contribution in [0.5, 0.6) is 0 Å². The highest BCUT2D eigenvalue weighted by Crippen LogP contribution is 2.45. The van der Waals surface area contributed by atoms with E-state index in [1.54, 1.807) is 6.33 Å². The number of aromatic amines is 1. The van der Waals surface area contributed by atoms with Gasteiger partial charge in [-0.2, -0.15) is 0 Å². The van der Waals surface area contributed by atoms with Crippen molar-refractivity contribution in [3.8, 4) is 0 Å². The molecule has 0 aromatic carbocycles. The van der Waals surface area contributed by atoms with Crippen LogP contribution in [0.15, 0.2) is 31.2 Å². The van der Waals surface area contributed by atoms with Crippen LogP contribution in [0.1, 0.15) is 19.8 Å². The molecule has 2 aliphatic rings. The number of carbonyl (C=O) groups is 1. The van der Waals surface area contributed by atoms with Gasteiger partial charge in [0.2, 0.25) is 5.91 Å². The Morgan fingerprint density at radius 3 is 3.09 bits per heavy atom. The number of nitrogens with zero attached hydrogens (tertiary/aromatic N) is 4. The Labute approximate surface area is 135 Å². The van der Waals surface area contributed by atoms with Crippen LogP contribution in [-0.2, 0) is 4.79 Å². The lowest BCUT2D eigenvalue weighted by molar-refractivity contribution is -0.128. The van der Waals surface area contributed by atoms with Crippen LogP contribution in [0, 0.1) is 5.41 Å². The van der Waals surface area contributed by atoms with E-state index in [1.807, 2.05) is 17.2 Å². The lowest BCUT2D eigenvalue weighted by atomic mass is 9.76. The van der Waals surface area contributed by atoms with Gasteiger partial charge in [-0.05, 0) is 30.4 Å². The molecular formula is C17H21N5O. The SMILES string of the molecule is C=CC(=O)N1CC[C@@]2(C)CCN(c3ncnc4[nH]ccc34)[C@@H]2C1. The molecule has 2 aromatic heterocycles. The van der Waals surface area contributed by atoms with E-state index >= 15 is 0 Å². The molecule has 2 fully saturated rings. The summed E-state index contributed by atoms with van der Waals surface area (Å²) in [5.41, 5.74) is 1.09. The van der Waals surface area contributed by atoms with Gasteiger partial charge in [0.05, 0.1) is 11.4 Å². The van der Waals surface area contributed by atoms with E-state index < -0.39 is 0 Å². The van der Waals surface area contributed by atoms with E-state index in [4.69, 9.17) is 0 Å². The monoisotopic (exact) mass is 311 g/mol. The highest BCUT2D eigenvalue weighted by Gasteiger charge is 2.48. The first-order chi connectivity index (χ1) is 11.1. The Bertz CT molecular complexity index is 769. The number of rotatable bonds is 2. The maximum atomic E-state index is 12.0. The molecule has 120 valence electrons. The Kier molecular flexibility index (Phi) is 3.14. The third-order valence-electron chi connectivity index (χ3n) is 5.54. The van der Waals surface area contributed by atoms with Crippen molar-refractivity contribution >= 4 is 22.8 Å². The molecule has 2 aromatic rings. The molecular weight excluding hydrogens is 290 g/mol. The summed E-state index contributed by atoms with van der Waals surface area (Å²) in [6.45, 7) is 8.47. The number of piperidine rings is 1. The quantitative estimate of drug-likeness (QED) is 0.861. The summed E-state index contributed by atoms with van der Waals surface area (Å²) in [6, 6.07) is 2.31. The normalized spacial score (nSPS) is 27.3. The third-order valence-corrected chi connectivity index (χ3v) is 5.54. The van der Waals surface area contributed by atoms with Gasteiger partial charge in [-0.25, -0.2) is 9.97 Å². The van der Waals surface area contributed by atoms with Crippen LogP contribution in [0.25, 0.3) is 11.0 Å². The molecule has 2 saturated heterocycles. The average Bonchev–Trinajstić information content (AvgIpc) is 3.17. The minimum Gasteiger partial charge on any atom is -0.351 e. The minimum absolute atomic E-state index is 0.0216. The fourth-order valence-corrected chi connectivity index (χ4v) is 4.05. The highest BCUT2D eigenvalue weighted by atomic mass is 16.2. The van der Waals surface area contributed by atoms with Gasteiger partial charge in [0.1, 0.15) is 17.8 Å². The summed E-state index contributed by atoms with van der Waals surface area (Å²) in [5, 5.41) is 1.05. The van der Waals surface area contributed by atoms with Gasteiger partial charge in [0.25, 0.3) is 0 Å². The Morgan fingerprint density at radius 1 is 1.43 bits per heavy atom. The van der Waals surface area contributed by atoms with Gasteiger partial charge in [0, 0.05) is 25.8 Å². The van der Waals surface area contributed by atoms with Crippen molar-refractivity contribution in [3.05, 3.63) is 31.2 Å². The first-order valence-corrected chi connectivity index (χ1v) is 8.08. The number of fused-ring (bicyclic) bond motifs is 2. The number of aromatic nitrogens is 3. The Balaban J connectivity index is 1.71. The van der Waals surface area contributed by atoms with Crippen LogP contribution in [-0.4, -0.2) is 51.4 Å². The number of nitrogens with one attached hydrogen (secondary N) is 1. The van der Waals surface area contributed by atoms with Crippen molar-refractivity contribution in [2.45, 2.75) is 25.8 Å². The first kappa shape index (κ1) is 14.2. The number of H-pyrrole nitrogens is 1. The predicted octanol–water partition coefficient (Wildman–Crippen LogP) is 1.96. The van der Waals surface area contributed by atoms with E-state index in [0.29, 0.717) is 0 Å². The number of hydrogen-bond acceptors (Lipinski definition) is 4. The molecule has 4 rings (SSSR count). The van der Waals surface area contributed by atoms with Crippen molar-refractivity contribution in [2.24, 2.45) is 5.41 Å². The van der Waals surface area contributed by atoms with Crippen LogP contribution in [0.4, 0.5) is 5.82 Å². The van der Waals surface area contributed by atoms with E-state index in [9.17, 15) is 4.79 Å². The Hall–Kier alpha value is -2.37. The molecule has 0 saturated carbocycles. The van der Waals surface area contributed by atoms with Crippen molar-refractivity contribution in [2.75, 3.05) is 24.5 Å². The lowest BCUT2D eigenvalue weighted by Crippen LogP contribution is -2.54. The van der Waals surface area contributed by atoms with E-state index in [-0.39, 0.29) is 17.4 Å². The van der Waals surface area contributed by atoms with Gasteiger partial charge in [0.15, 0.2) is 0 Å². The average molecular weight is 311 g/mol. The largest absolute Gasteiger partial charge is 0.351 e. The first-order valence-electron chi connectivity index (χ1n) is 8.08. The standard InChI is InChI=1S/C17H21N5O/c1-3-14(23)21-8-5-17(2)6-9-22(13(17)10-21)16-12-4-7-18-15(12)19-11-20-16/h3-4,7,11,13H,1,5-6,8-10H2,2H3,(H,18,19,20)/t13-,17+/m1/s1. The summed E-state index contributed by atoms with van der Waals surface area (Å²) < 4.78 is 0. The number of hydrogen-bond donors (Lipinski definition) is 1. The molecule has 4 heterocycles. The molecule has 2 aliphatic heterocycles. The van der Waals surface area contributed by atoms with Crippen LogP contribution in [0.3, 0.4) is 0 Å². The second-order valence-electron chi connectivity index (χ2n) is 6.79. The van der Waals surface area contributed by atoms with E-state index in [0.717, 1.165) is 49.3 Å². The van der Waals surface area contributed by atoms with Crippen molar-refractivity contribution < 1.29 is 4.79 Å². The van der Waals surface area contributed by atoms with Gasteiger partial charge >= 0.3 is 0 Å². The lowest BCUT2D eigenvalue weighted by Gasteiger charge is -2.44. The van der Waals surface area contributed by atoms with Crippen molar-refractivity contribution in [3.63, 3.8) is 0 Å². The van der Waals surface area contributed by atoms with Crippen LogP contribution in [0.2, 0.25) is 0 Å². The molecule has 0 spiro atoms. The molecule has 2 atom stereocenters. The topological polar surface area (TPSA) is 65.1 Å². The maximum Gasteiger partial charge on any atom is 0.246 e. The second-order valence-corrected chi connectivity index (χ2v) is 6.79. The third kappa shape index (κ3) is 2.12. The van der Waals surface area contributed by atoms with Gasteiger partial charge in [-0.3, -0.25) is 4.79 Å². The molecule has 6 heteroatoms. The van der Waals surface area contributed by atoms with Crippen LogP contribution < -0.4 is 4.90 Å². The molecule has 23 heavy (non-hydrogen) atoms. The highest BCUT2D eigenvalue weighted by molar-refractivity contribution is 5.88. The molecule has 1 N–H and O–H groups in total. The summed E-state index contributed by atoms with van der Waals surface area (Å²) in [6.07, 6.45) is 7.07.